The van der Waals surface area contributed by atoms with E-state index in [-0.39, 0.29) is 78.1 Å². The van der Waals surface area contributed by atoms with Crippen molar-refractivity contribution >= 4 is 29.8 Å². The van der Waals surface area contributed by atoms with Crippen LogP contribution in [-0.4, -0.2) is 66.7 Å². The quantitative estimate of drug-likeness (QED) is 0.125. The SMILES string of the molecule is CC(C)(C)OC(=O)N[C@H]1CCC[C@@H]1CC(=O)N[C@H]1CCC[C@@H]1CC(=O)N[C@H]1CCC[C@@H]1CC(=O)N[C@H]1CCC[C@@H]1CC(=O)OCc1ccccc1.COCc1ccccc1. The monoisotopic (exact) mass is 831 g/mol. The summed E-state index contributed by atoms with van der Waals surface area (Å²) in [5.74, 6) is 0.0179. The summed E-state index contributed by atoms with van der Waals surface area (Å²) in [4.78, 5) is 64.5. The molecule has 0 aliphatic heterocycles. The van der Waals surface area contributed by atoms with Crippen molar-refractivity contribution in [2.75, 3.05) is 7.11 Å². The second kappa shape index (κ2) is 23.5. The zero-order valence-electron chi connectivity index (χ0n) is 36.4. The second-order valence-electron chi connectivity index (χ2n) is 18.4. The van der Waals surface area contributed by atoms with Gasteiger partial charge in [-0.2, -0.15) is 0 Å². The predicted octanol–water partition coefficient (Wildman–Crippen LogP) is 7.67. The van der Waals surface area contributed by atoms with Crippen LogP contribution in [0.15, 0.2) is 60.7 Å². The lowest BCUT2D eigenvalue weighted by molar-refractivity contribution is -0.146. The standard InChI is InChI=1S/C40H60N4O7.C8H10O/c1-40(2,3)51-39(49)44-34-20-9-15-29(34)23-37(47)42-32-18-7-13-27(32)21-35(45)41-31-17-8-14-28(31)22-36(46)43-33-19-10-16-30(33)24-38(48)50-25-26-11-5-4-6-12-26;1-9-7-8-5-3-2-4-6-8/h4-6,11-12,27-34H,7-10,13-25H2,1-3H3,(H,41,45)(H,42,47)(H,43,46)(H,44,49);2-6H,7H2,1H3/t27-,28-,29-,30-,31+,32+,33+,34+;/m1./s1. The highest BCUT2D eigenvalue weighted by Gasteiger charge is 2.37. The first-order valence-corrected chi connectivity index (χ1v) is 22.4. The molecule has 60 heavy (non-hydrogen) atoms. The number of esters is 1. The van der Waals surface area contributed by atoms with E-state index < -0.39 is 11.7 Å². The van der Waals surface area contributed by atoms with Gasteiger partial charge < -0.3 is 35.5 Å². The number of amides is 4. The van der Waals surface area contributed by atoms with Crippen LogP contribution in [0.2, 0.25) is 0 Å². The van der Waals surface area contributed by atoms with Crippen molar-refractivity contribution in [1.29, 1.82) is 0 Å². The van der Waals surface area contributed by atoms with Gasteiger partial charge in [0.05, 0.1) is 13.0 Å². The molecule has 0 saturated heterocycles. The first kappa shape index (κ1) is 46.6. The molecule has 4 amide bonds. The van der Waals surface area contributed by atoms with Gasteiger partial charge in [0.25, 0.3) is 0 Å². The number of carbonyl (C=O) groups is 5. The Kier molecular flexibility index (Phi) is 18.3. The van der Waals surface area contributed by atoms with Gasteiger partial charge >= 0.3 is 12.1 Å². The third-order valence-corrected chi connectivity index (χ3v) is 12.5. The predicted molar refractivity (Wildman–Crippen MR) is 230 cm³/mol. The molecule has 12 heteroatoms. The van der Waals surface area contributed by atoms with Gasteiger partial charge in [0.1, 0.15) is 12.2 Å². The summed E-state index contributed by atoms with van der Waals surface area (Å²) < 4.78 is 15.8. The molecule has 6 rings (SSSR count). The Morgan fingerprint density at radius 2 is 0.883 bits per heavy atom. The van der Waals surface area contributed by atoms with Crippen LogP contribution in [0.5, 0.6) is 0 Å². The molecule has 4 N–H and O–H groups in total. The minimum absolute atomic E-state index is 0.0132. The first-order valence-electron chi connectivity index (χ1n) is 22.4. The molecule has 4 aliphatic carbocycles. The molecule has 0 bridgehead atoms. The van der Waals surface area contributed by atoms with Crippen molar-refractivity contribution in [1.82, 2.24) is 21.3 Å². The van der Waals surface area contributed by atoms with Crippen molar-refractivity contribution in [3.63, 3.8) is 0 Å². The molecule has 4 aliphatic rings. The number of nitrogens with one attached hydrogen (secondary N) is 4. The molecular formula is C48H70N4O8. The molecule has 330 valence electrons. The lowest BCUT2D eigenvalue weighted by atomic mass is 9.95. The van der Waals surface area contributed by atoms with Crippen LogP contribution in [0.1, 0.15) is 135 Å². The summed E-state index contributed by atoms with van der Waals surface area (Å²) in [6, 6.07) is 19.5. The van der Waals surface area contributed by atoms with Crippen LogP contribution < -0.4 is 21.3 Å². The summed E-state index contributed by atoms with van der Waals surface area (Å²) >= 11 is 0. The summed E-state index contributed by atoms with van der Waals surface area (Å²) in [5, 5.41) is 12.6. The number of alkyl carbamates (subject to hydrolysis) is 1. The Bertz CT molecular complexity index is 1670. The lowest BCUT2D eigenvalue weighted by Gasteiger charge is -2.26. The Morgan fingerprint density at radius 3 is 1.27 bits per heavy atom. The highest BCUT2D eigenvalue weighted by molar-refractivity contribution is 5.79. The maximum atomic E-state index is 13.3. The maximum Gasteiger partial charge on any atom is 0.407 e. The molecule has 2 aromatic carbocycles. The minimum Gasteiger partial charge on any atom is -0.461 e. The van der Waals surface area contributed by atoms with Gasteiger partial charge in [-0.15, -0.1) is 0 Å². The highest BCUT2D eigenvalue weighted by atomic mass is 16.6. The third kappa shape index (κ3) is 15.9. The van der Waals surface area contributed by atoms with Crippen LogP contribution >= 0.6 is 0 Å². The van der Waals surface area contributed by atoms with E-state index in [2.05, 4.69) is 21.3 Å². The minimum atomic E-state index is -0.575. The number of benzene rings is 2. The van der Waals surface area contributed by atoms with Crippen LogP contribution in [0, 0.1) is 23.7 Å². The van der Waals surface area contributed by atoms with E-state index >= 15 is 0 Å². The topological polar surface area (TPSA) is 161 Å². The largest absolute Gasteiger partial charge is 0.461 e. The molecule has 4 saturated carbocycles. The molecule has 0 aromatic heterocycles. The molecule has 8 atom stereocenters. The fraction of sp³-hybridized carbons (Fsp3) is 0.646. The molecule has 12 nitrogen and oxygen atoms in total. The van der Waals surface area contributed by atoms with Crippen LogP contribution in [0.3, 0.4) is 0 Å². The number of carbonyl (C=O) groups excluding carboxylic acids is 5. The number of methoxy groups -OCH3 is 1. The highest BCUT2D eigenvalue weighted by Crippen LogP contribution is 2.34. The third-order valence-electron chi connectivity index (χ3n) is 12.5. The zero-order valence-corrected chi connectivity index (χ0v) is 36.4. The Hall–Kier alpha value is -4.45. The summed E-state index contributed by atoms with van der Waals surface area (Å²) in [5.41, 5.74) is 1.60. The van der Waals surface area contributed by atoms with E-state index in [4.69, 9.17) is 14.2 Å². The number of hydrogen-bond acceptors (Lipinski definition) is 8. The van der Waals surface area contributed by atoms with Gasteiger partial charge in [-0.25, -0.2) is 4.79 Å². The van der Waals surface area contributed by atoms with Gasteiger partial charge in [-0.05, 0) is 107 Å². The second-order valence-corrected chi connectivity index (χ2v) is 18.4. The molecule has 4 fully saturated rings. The fourth-order valence-electron chi connectivity index (χ4n) is 9.61. The normalized spacial score (nSPS) is 26.0. The number of ether oxygens (including phenoxy) is 3. The smallest absolute Gasteiger partial charge is 0.407 e. The average molecular weight is 831 g/mol. The molecule has 2 aromatic rings. The summed E-state index contributed by atoms with van der Waals surface area (Å²) in [6.07, 6.45) is 11.8. The first-order chi connectivity index (χ1) is 28.8. The van der Waals surface area contributed by atoms with Crippen molar-refractivity contribution in [2.45, 2.75) is 166 Å². The van der Waals surface area contributed by atoms with Crippen LogP contribution in [0.25, 0.3) is 0 Å². The molecule has 0 radical (unpaired) electrons. The molecular weight excluding hydrogens is 761 g/mol. The summed E-state index contributed by atoms with van der Waals surface area (Å²) in [7, 11) is 1.70. The Balaban J connectivity index is 0.000000671. The molecule has 0 spiro atoms. The van der Waals surface area contributed by atoms with Gasteiger partial charge in [0, 0.05) is 50.5 Å². The van der Waals surface area contributed by atoms with E-state index in [1.807, 2.05) is 81.4 Å². The Labute approximate surface area is 357 Å². The van der Waals surface area contributed by atoms with Crippen LogP contribution in [0.4, 0.5) is 4.79 Å². The van der Waals surface area contributed by atoms with Crippen molar-refractivity contribution in [3.8, 4) is 0 Å². The zero-order chi connectivity index (χ0) is 42.9. The van der Waals surface area contributed by atoms with Crippen molar-refractivity contribution in [2.24, 2.45) is 23.7 Å². The Morgan fingerprint density at radius 1 is 0.517 bits per heavy atom. The number of rotatable bonds is 16. The summed E-state index contributed by atoms with van der Waals surface area (Å²) in [6.45, 7) is 6.46. The van der Waals surface area contributed by atoms with Crippen LogP contribution in [-0.2, 0) is 46.6 Å². The van der Waals surface area contributed by atoms with E-state index in [9.17, 15) is 24.0 Å². The van der Waals surface area contributed by atoms with E-state index in [1.165, 1.54) is 5.56 Å². The number of hydrogen-bond donors (Lipinski definition) is 4. The molecule has 0 unspecified atom stereocenters. The van der Waals surface area contributed by atoms with E-state index in [0.717, 1.165) is 82.6 Å². The van der Waals surface area contributed by atoms with E-state index in [1.54, 1.807) is 7.11 Å². The van der Waals surface area contributed by atoms with Gasteiger partial charge in [0.15, 0.2) is 0 Å². The maximum absolute atomic E-state index is 13.3. The van der Waals surface area contributed by atoms with Gasteiger partial charge in [-0.3, -0.25) is 19.2 Å². The van der Waals surface area contributed by atoms with Crippen molar-refractivity contribution in [3.05, 3.63) is 71.8 Å². The van der Waals surface area contributed by atoms with Gasteiger partial charge in [0.2, 0.25) is 17.7 Å². The van der Waals surface area contributed by atoms with Gasteiger partial charge in [-0.1, -0.05) is 86.3 Å². The van der Waals surface area contributed by atoms with E-state index in [0.29, 0.717) is 32.3 Å². The average Bonchev–Trinajstić information content (AvgIpc) is 4.03. The fourth-order valence-corrected chi connectivity index (χ4v) is 9.61. The van der Waals surface area contributed by atoms with Crippen molar-refractivity contribution < 1.29 is 38.2 Å². The lowest BCUT2D eigenvalue weighted by Crippen LogP contribution is -2.45. The molecule has 0 heterocycles.